The van der Waals surface area contributed by atoms with Crippen molar-refractivity contribution in [1.29, 1.82) is 0 Å². The third kappa shape index (κ3) is 3.82. The molecule has 0 aliphatic heterocycles. The van der Waals surface area contributed by atoms with Gasteiger partial charge in [0.1, 0.15) is 12.4 Å². The van der Waals surface area contributed by atoms with Crippen LogP contribution in [0.25, 0.3) is 16.8 Å². The summed E-state index contributed by atoms with van der Waals surface area (Å²) in [5.74, 6) is 0.421. The van der Waals surface area contributed by atoms with Crippen LogP contribution in [-0.4, -0.2) is 13.1 Å². The molecule has 0 spiro atoms. The molecule has 3 nitrogen and oxygen atoms in total. The lowest BCUT2D eigenvalue weighted by molar-refractivity contribution is -0.138. The number of rotatable bonds is 5. The second kappa shape index (κ2) is 7.47. The van der Waals surface area contributed by atoms with Gasteiger partial charge < -0.3 is 9.47 Å². The Bertz CT molecular complexity index is 858. The Morgan fingerprint density at radius 2 is 1.71 bits per heavy atom. The Kier molecular flexibility index (Phi) is 4.92. The highest BCUT2D eigenvalue weighted by molar-refractivity contribution is 5.88. The average molecular weight is 318 g/mol. The molecule has 0 radical (unpaired) electrons. The minimum atomic E-state index is -0.362. The minimum Gasteiger partial charge on any atom is -0.497 e. The van der Waals surface area contributed by atoms with Crippen molar-refractivity contribution in [2.45, 2.75) is 6.61 Å². The zero-order valence-electron chi connectivity index (χ0n) is 13.4. The van der Waals surface area contributed by atoms with Crippen LogP contribution in [-0.2, 0) is 16.1 Å². The van der Waals surface area contributed by atoms with Gasteiger partial charge in [0.25, 0.3) is 0 Å². The average Bonchev–Trinajstić information content (AvgIpc) is 2.65. The summed E-state index contributed by atoms with van der Waals surface area (Å²) in [6.45, 7) is 0.257. The van der Waals surface area contributed by atoms with Crippen molar-refractivity contribution in [3.63, 3.8) is 0 Å². The molecular weight excluding hydrogens is 300 g/mol. The number of fused-ring (bicyclic) bond motifs is 1. The highest BCUT2D eigenvalue weighted by atomic mass is 16.5. The molecule has 0 N–H and O–H groups in total. The van der Waals surface area contributed by atoms with Crippen molar-refractivity contribution < 1.29 is 14.3 Å². The summed E-state index contributed by atoms with van der Waals surface area (Å²) >= 11 is 0. The summed E-state index contributed by atoms with van der Waals surface area (Å²) in [6, 6.07) is 21.5. The molecule has 0 amide bonds. The summed E-state index contributed by atoms with van der Waals surface area (Å²) < 4.78 is 10.5. The minimum absolute atomic E-state index is 0.257. The van der Waals surface area contributed by atoms with Crippen molar-refractivity contribution in [2.24, 2.45) is 0 Å². The monoisotopic (exact) mass is 318 g/mol. The van der Waals surface area contributed by atoms with E-state index in [0.717, 1.165) is 27.6 Å². The zero-order chi connectivity index (χ0) is 16.8. The van der Waals surface area contributed by atoms with E-state index >= 15 is 0 Å². The second-order valence-electron chi connectivity index (χ2n) is 5.35. The highest BCUT2D eigenvalue weighted by Gasteiger charge is 2.03. The molecule has 3 aromatic carbocycles. The summed E-state index contributed by atoms with van der Waals surface area (Å²) in [4.78, 5) is 11.9. The summed E-state index contributed by atoms with van der Waals surface area (Å²) in [7, 11) is 1.62. The number of carbonyl (C=O) groups excluding carboxylic acids is 1. The van der Waals surface area contributed by atoms with E-state index in [1.165, 1.54) is 6.08 Å². The number of carbonyl (C=O) groups is 1. The first-order chi connectivity index (χ1) is 11.8. The molecular formula is C21H18O3. The van der Waals surface area contributed by atoms with Crippen LogP contribution in [0.1, 0.15) is 11.1 Å². The topological polar surface area (TPSA) is 35.5 Å². The van der Waals surface area contributed by atoms with E-state index in [1.54, 1.807) is 13.2 Å². The molecule has 3 rings (SSSR count). The van der Waals surface area contributed by atoms with Crippen LogP contribution in [0.5, 0.6) is 5.75 Å². The van der Waals surface area contributed by atoms with Crippen LogP contribution >= 0.6 is 0 Å². The quantitative estimate of drug-likeness (QED) is 0.509. The molecule has 24 heavy (non-hydrogen) atoms. The molecule has 3 aromatic rings. The molecule has 0 saturated heterocycles. The largest absolute Gasteiger partial charge is 0.497 e. The fourth-order valence-electron chi connectivity index (χ4n) is 2.49. The number of hydrogen-bond donors (Lipinski definition) is 0. The molecule has 0 heterocycles. The van der Waals surface area contributed by atoms with Gasteiger partial charge in [0, 0.05) is 6.08 Å². The summed E-state index contributed by atoms with van der Waals surface area (Å²) in [5.41, 5.74) is 1.91. The summed E-state index contributed by atoms with van der Waals surface area (Å²) in [5, 5.41) is 2.24. The molecule has 0 aliphatic rings. The van der Waals surface area contributed by atoms with E-state index in [1.807, 2.05) is 66.7 Å². The SMILES string of the molecule is COc1ccc(/C=C/C(=O)OCc2cccc3ccccc23)cc1. The van der Waals surface area contributed by atoms with Gasteiger partial charge in [-0.15, -0.1) is 0 Å². The van der Waals surface area contributed by atoms with Crippen LogP contribution in [0.3, 0.4) is 0 Å². The van der Waals surface area contributed by atoms with E-state index in [-0.39, 0.29) is 12.6 Å². The molecule has 0 aliphatic carbocycles. The van der Waals surface area contributed by atoms with Gasteiger partial charge in [0.2, 0.25) is 0 Å². The van der Waals surface area contributed by atoms with Gasteiger partial charge in [0.15, 0.2) is 0 Å². The van der Waals surface area contributed by atoms with Crippen LogP contribution < -0.4 is 4.74 Å². The molecule has 0 unspecified atom stereocenters. The van der Waals surface area contributed by atoms with Gasteiger partial charge in [-0.3, -0.25) is 0 Å². The normalized spacial score (nSPS) is 10.9. The lowest BCUT2D eigenvalue weighted by atomic mass is 10.1. The predicted molar refractivity (Wildman–Crippen MR) is 95.8 cm³/mol. The van der Waals surface area contributed by atoms with Crippen molar-refractivity contribution in [1.82, 2.24) is 0 Å². The Balaban J connectivity index is 1.63. The first-order valence-corrected chi connectivity index (χ1v) is 7.72. The second-order valence-corrected chi connectivity index (χ2v) is 5.35. The first kappa shape index (κ1) is 15.8. The van der Waals surface area contributed by atoms with E-state index in [2.05, 4.69) is 0 Å². The third-order valence-electron chi connectivity index (χ3n) is 3.78. The van der Waals surface area contributed by atoms with Crippen molar-refractivity contribution in [2.75, 3.05) is 7.11 Å². The van der Waals surface area contributed by atoms with Gasteiger partial charge in [-0.1, -0.05) is 54.6 Å². The van der Waals surface area contributed by atoms with Crippen molar-refractivity contribution >= 4 is 22.8 Å². The fraction of sp³-hybridized carbons (Fsp3) is 0.0952. The van der Waals surface area contributed by atoms with E-state index in [9.17, 15) is 4.79 Å². The number of esters is 1. The van der Waals surface area contributed by atoms with Crippen LogP contribution in [0.15, 0.2) is 72.8 Å². The van der Waals surface area contributed by atoms with Gasteiger partial charge >= 0.3 is 5.97 Å². The third-order valence-corrected chi connectivity index (χ3v) is 3.78. The van der Waals surface area contributed by atoms with Gasteiger partial charge in [-0.2, -0.15) is 0 Å². The molecule has 0 bridgehead atoms. The smallest absolute Gasteiger partial charge is 0.331 e. The number of hydrogen-bond acceptors (Lipinski definition) is 3. The lowest BCUT2D eigenvalue weighted by Gasteiger charge is -2.06. The molecule has 0 saturated carbocycles. The van der Waals surface area contributed by atoms with Crippen molar-refractivity contribution in [3.05, 3.63) is 83.9 Å². The van der Waals surface area contributed by atoms with Gasteiger partial charge in [0.05, 0.1) is 7.11 Å². The highest BCUT2D eigenvalue weighted by Crippen LogP contribution is 2.19. The maximum atomic E-state index is 11.9. The summed E-state index contributed by atoms with van der Waals surface area (Å²) in [6.07, 6.45) is 3.16. The van der Waals surface area contributed by atoms with E-state index in [4.69, 9.17) is 9.47 Å². The fourth-order valence-corrected chi connectivity index (χ4v) is 2.49. The van der Waals surface area contributed by atoms with Gasteiger partial charge in [-0.25, -0.2) is 4.79 Å². The van der Waals surface area contributed by atoms with Crippen LogP contribution in [0.2, 0.25) is 0 Å². The Hall–Kier alpha value is -3.07. The first-order valence-electron chi connectivity index (χ1n) is 7.72. The Labute approximate surface area is 141 Å². The van der Waals surface area contributed by atoms with Crippen LogP contribution in [0, 0.1) is 0 Å². The lowest BCUT2D eigenvalue weighted by Crippen LogP contribution is -2.01. The Morgan fingerprint density at radius 3 is 2.50 bits per heavy atom. The zero-order valence-corrected chi connectivity index (χ0v) is 13.4. The number of methoxy groups -OCH3 is 1. The molecule has 0 aromatic heterocycles. The maximum Gasteiger partial charge on any atom is 0.331 e. The standard InChI is InChI=1S/C21H18O3/c1-23-19-12-9-16(10-13-19)11-14-21(22)24-15-18-7-4-6-17-5-2-3-8-20(17)18/h2-14H,15H2,1H3/b14-11+. The molecule has 0 fully saturated rings. The van der Waals surface area contributed by atoms with E-state index < -0.39 is 0 Å². The number of benzene rings is 3. The molecule has 0 atom stereocenters. The van der Waals surface area contributed by atoms with E-state index in [0.29, 0.717) is 0 Å². The van der Waals surface area contributed by atoms with Crippen molar-refractivity contribution in [3.8, 4) is 5.75 Å². The molecule has 3 heteroatoms. The van der Waals surface area contributed by atoms with Gasteiger partial charge in [-0.05, 0) is 40.1 Å². The molecule has 120 valence electrons. The Morgan fingerprint density at radius 1 is 0.958 bits per heavy atom. The number of ether oxygens (including phenoxy) is 2. The van der Waals surface area contributed by atoms with Crippen LogP contribution in [0.4, 0.5) is 0 Å². The predicted octanol–water partition coefficient (Wildman–Crippen LogP) is 4.61. The maximum absolute atomic E-state index is 11.9.